The van der Waals surface area contributed by atoms with Crippen molar-refractivity contribution < 1.29 is 24.0 Å². The highest BCUT2D eigenvalue weighted by Gasteiger charge is 2.23. The Kier molecular flexibility index (Phi) is 9.03. The molecule has 1 heterocycles. The molecule has 1 aromatic heterocycles. The quantitative estimate of drug-likeness (QED) is 0.215. The Bertz CT molecular complexity index is 1160. The molecule has 0 aliphatic rings. The lowest BCUT2D eigenvalue weighted by Crippen LogP contribution is -2.47. The SMILES string of the molecule is CCCCOC(=O)[C@H](O)CN(Cc1ccc(-c2cccc(Cl)c2)cc1)NC(=O)c1cc(=O)[nH]o1. The molecule has 1 atom stereocenters. The summed E-state index contributed by atoms with van der Waals surface area (Å²) in [5.74, 6) is -1.72. The molecule has 2 aromatic carbocycles. The summed E-state index contributed by atoms with van der Waals surface area (Å²) < 4.78 is 9.89. The van der Waals surface area contributed by atoms with Crippen LogP contribution in [0.1, 0.15) is 35.9 Å². The van der Waals surface area contributed by atoms with Crippen LogP contribution in [-0.4, -0.2) is 46.4 Å². The number of nitrogens with one attached hydrogen (secondary N) is 2. The van der Waals surface area contributed by atoms with Crippen molar-refractivity contribution in [2.75, 3.05) is 13.2 Å². The molecule has 3 N–H and O–H groups in total. The lowest BCUT2D eigenvalue weighted by molar-refractivity contribution is -0.155. The van der Waals surface area contributed by atoms with Gasteiger partial charge in [-0.25, -0.2) is 9.80 Å². The Labute approximate surface area is 201 Å². The third-order valence-corrected chi connectivity index (χ3v) is 5.14. The number of ether oxygens (including phenoxy) is 1. The second kappa shape index (κ2) is 12.2. The van der Waals surface area contributed by atoms with Gasteiger partial charge in [0, 0.05) is 11.6 Å². The molecule has 180 valence electrons. The van der Waals surface area contributed by atoms with Gasteiger partial charge in [-0.2, -0.15) is 5.16 Å². The largest absolute Gasteiger partial charge is 0.464 e. The number of aromatic amines is 1. The lowest BCUT2D eigenvalue weighted by atomic mass is 10.0. The van der Waals surface area contributed by atoms with Crippen LogP contribution in [0.15, 0.2) is 63.9 Å². The molecule has 3 rings (SSSR count). The molecule has 0 saturated heterocycles. The molecule has 0 aliphatic heterocycles. The maximum Gasteiger partial charge on any atom is 0.336 e. The summed E-state index contributed by atoms with van der Waals surface area (Å²) in [4.78, 5) is 35.9. The third kappa shape index (κ3) is 7.31. The van der Waals surface area contributed by atoms with E-state index in [9.17, 15) is 19.5 Å². The first-order valence-corrected chi connectivity index (χ1v) is 11.2. The van der Waals surface area contributed by atoms with Gasteiger partial charge in [0.05, 0.1) is 19.2 Å². The van der Waals surface area contributed by atoms with Gasteiger partial charge in [0.1, 0.15) is 0 Å². The average molecular weight is 488 g/mol. The molecule has 1 amide bonds. The number of aliphatic hydroxyl groups is 1. The average Bonchev–Trinajstić information content (AvgIpc) is 3.26. The Morgan fingerprint density at radius 2 is 1.94 bits per heavy atom. The normalized spacial score (nSPS) is 11.9. The van der Waals surface area contributed by atoms with Crippen molar-refractivity contribution in [3.63, 3.8) is 0 Å². The summed E-state index contributed by atoms with van der Waals surface area (Å²) in [6, 6.07) is 16.0. The predicted octanol–water partition coefficient (Wildman–Crippen LogP) is 3.14. The molecule has 0 fully saturated rings. The molecule has 0 aliphatic carbocycles. The topological polar surface area (TPSA) is 125 Å². The fourth-order valence-electron chi connectivity index (χ4n) is 3.13. The smallest absolute Gasteiger partial charge is 0.336 e. The summed E-state index contributed by atoms with van der Waals surface area (Å²) in [6.45, 7) is 2.09. The molecule has 0 radical (unpaired) electrons. The van der Waals surface area contributed by atoms with Crippen molar-refractivity contribution in [3.05, 3.63) is 81.3 Å². The van der Waals surface area contributed by atoms with Gasteiger partial charge in [-0.1, -0.05) is 61.3 Å². The van der Waals surface area contributed by atoms with Crippen molar-refractivity contribution in [1.82, 2.24) is 15.6 Å². The molecule has 34 heavy (non-hydrogen) atoms. The predicted molar refractivity (Wildman–Crippen MR) is 126 cm³/mol. The highest BCUT2D eigenvalue weighted by molar-refractivity contribution is 6.30. The van der Waals surface area contributed by atoms with Crippen LogP contribution in [0.5, 0.6) is 0 Å². The maximum atomic E-state index is 12.5. The van der Waals surface area contributed by atoms with E-state index in [0.717, 1.165) is 29.2 Å². The zero-order valence-corrected chi connectivity index (χ0v) is 19.4. The van der Waals surface area contributed by atoms with Crippen LogP contribution in [0.2, 0.25) is 5.02 Å². The van der Waals surface area contributed by atoms with Gasteiger partial charge < -0.3 is 14.4 Å². The molecular formula is C24H26ClN3O6. The van der Waals surface area contributed by atoms with E-state index in [1.807, 2.05) is 54.5 Å². The fraction of sp³-hybridized carbons (Fsp3) is 0.292. The Morgan fingerprint density at radius 1 is 1.18 bits per heavy atom. The first-order chi connectivity index (χ1) is 16.4. The van der Waals surface area contributed by atoms with Crippen molar-refractivity contribution in [1.29, 1.82) is 0 Å². The minimum Gasteiger partial charge on any atom is -0.464 e. The van der Waals surface area contributed by atoms with Gasteiger partial charge in [0.25, 0.3) is 5.56 Å². The van der Waals surface area contributed by atoms with E-state index >= 15 is 0 Å². The Morgan fingerprint density at radius 3 is 2.59 bits per heavy atom. The molecule has 3 aromatic rings. The second-order valence-electron chi connectivity index (χ2n) is 7.64. The number of carbonyl (C=O) groups is 2. The molecular weight excluding hydrogens is 462 g/mol. The summed E-state index contributed by atoms with van der Waals surface area (Å²) in [6.07, 6.45) is 0.0457. The van der Waals surface area contributed by atoms with Crippen LogP contribution in [0.3, 0.4) is 0 Å². The van der Waals surface area contributed by atoms with Crippen LogP contribution in [0.4, 0.5) is 0 Å². The number of hydrogen-bond donors (Lipinski definition) is 3. The molecule has 0 spiro atoms. The molecule has 9 nitrogen and oxygen atoms in total. The molecule has 0 saturated carbocycles. The number of aliphatic hydroxyl groups excluding tert-OH is 1. The van der Waals surface area contributed by atoms with Crippen LogP contribution < -0.4 is 11.0 Å². The van der Waals surface area contributed by atoms with E-state index in [0.29, 0.717) is 11.4 Å². The first-order valence-electron chi connectivity index (χ1n) is 10.8. The number of nitrogens with zero attached hydrogens (tertiary/aromatic N) is 1. The van der Waals surface area contributed by atoms with Crippen molar-refractivity contribution in [3.8, 4) is 11.1 Å². The number of aromatic nitrogens is 1. The number of H-pyrrole nitrogens is 1. The number of benzene rings is 2. The fourth-order valence-corrected chi connectivity index (χ4v) is 3.32. The summed E-state index contributed by atoms with van der Waals surface area (Å²) >= 11 is 6.07. The second-order valence-corrected chi connectivity index (χ2v) is 8.08. The summed E-state index contributed by atoms with van der Waals surface area (Å²) in [5, 5.41) is 14.3. The number of carbonyl (C=O) groups excluding carboxylic acids is 2. The highest BCUT2D eigenvalue weighted by Crippen LogP contribution is 2.23. The van der Waals surface area contributed by atoms with Crippen LogP contribution in [0.25, 0.3) is 11.1 Å². The number of rotatable bonds is 11. The van der Waals surface area contributed by atoms with E-state index in [-0.39, 0.29) is 25.5 Å². The van der Waals surface area contributed by atoms with E-state index in [4.69, 9.17) is 20.9 Å². The lowest BCUT2D eigenvalue weighted by Gasteiger charge is -2.24. The van der Waals surface area contributed by atoms with Gasteiger partial charge in [-0.05, 0) is 35.2 Å². The van der Waals surface area contributed by atoms with Gasteiger partial charge in [-0.3, -0.25) is 15.0 Å². The van der Waals surface area contributed by atoms with Gasteiger partial charge in [0.15, 0.2) is 6.10 Å². The van der Waals surface area contributed by atoms with Gasteiger partial charge in [-0.15, -0.1) is 0 Å². The number of esters is 1. The number of amides is 1. The van der Waals surface area contributed by atoms with E-state index in [2.05, 4.69) is 5.43 Å². The summed E-state index contributed by atoms with van der Waals surface area (Å²) in [7, 11) is 0. The van der Waals surface area contributed by atoms with Gasteiger partial charge >= 0.3 is 11.9 Å². The van der Waals surface area contributed by atoms with Gasteiger partial charge in [0.2, 0.25) is 5.76 Å². The van der Waals surface area contributed by atoms with Crippen LogP contribution >= 0.6 is 11.6 Å². The minimum absolute atomic E-state index is 0.162. The standard InChI is InChI=1S/C24H26ClN3O6/c1-2-3-11-33-24(32)20(29)15-28(26-23(31)21-13-22(30)27-34-21)14-16-7-9-17(10-8-16)18-5-4-6-19(25)12-18/h4-10,12-13,20,29H,2-3,11,14-15H2,1H3,(H,26,31)(H,27,30)/t20-/m1/s1. The van der Waals surface area contributed by atoms with E-state index in [1.165, 1.54) is 5.01 Å². The maximum absolute atomic E-state index is 12.5. The molecule has 10 heteroatoms. The van der Waals surface area contributed by atoms with Crippen molar-refractivity contribution in [2.24, 2.45) is 0 Å². The van der Waals surface area contributed by atoms with E-state index < -0.39 is 23.5 Å². The van der Waals surface area contributed by atoms with Crippen LogP contribution in [-0.2, 0) is 16.1 Å². The number of unbranched alkanes of at least 4 members (excludes halogenated alkanes) is 1. The summed E-state index contributed by atoms with van der Waals surface area (Å²) in [5.41, 5.74) is 4.71. The van der Waals surface area contributed by atoms with E-state index in [1.54, 1.807) is 6.07 Å². The number of hydrazine groups is 1. The monoisotopic (exact) mass is 487 g/mol. The highest BCUT2D eigenvalue weighted by atomic mass is 35.5. The Hall–Kier alpha value is -3.40. The first kappa shape index (κ1) is 25.2. The number of hydrogen-bond acceptors (Lipinski definition) is 7. The van der Waals surface area contributed by atoms with Crippen molar-refractivity contribution >= 4 is 23.5 Å². The molecule has 0 bridgehead atoms. The molecule has 0 unspecified atom stereocenters. The zero-order chi connectivity index (χ0) is 24.5. The zero-order valence-electron chi connectivity index (χ0n) is 18.6. The Balaban J connectivity index is 1.72. The minimum atomic E-state index is -1.49. The third-order valence-electron chi connectivity index (χ3n) is 4.90. The number of halogens is 1. The van der Waals surface area contributed by atoms with Crippen molar-refractivity contribution in [2.45, 2.75) is 32.4 Å². The van der Waals surface area contributed by atoms with Crippen LogP contribution in [0, 0.1) is 0 Å².